The Morgan fingerprint density at radius 1 is 1.17 bits per heavy atom. The Kier molecular flexibility index (Phi) is 7.25. The largest absolute Gasteiger partial charge is 0.354 e. The molecule has 1 fully saturated rings. The number of nitrogens with one attached hydrogen (secondary N) is 2. The molecule has 24 heavy (non-hydrogen) atoms. The zero-order valence-corrected chi connectivity index (χ0v) is 16.1. The van der Waals surface area contributed by atoms with E-state index < -0.39 is 14.6 Å². The summed E-state index contributed by atoms with van der Waals surface area (Å²) in [6.45, 7) is 5.65. The number of hydrogen-bond donors (Lipinski definition) is 2. The molecule has 2 N–H and O–H groups in total. The van der Waals surface area contributed by atoms with Gasteiger partial charge in [-0.05, 0) is 51.8 Å². The molecular weight excluding hydrogens is 348 g/mol. The predicted octanol–water partition coefficient (Wildman–Crippen LogP) is 1.55. The number of carbonyl (C=O) groups excluding carboxylic acids is 1. The van der Waals surface area contributed by atoms with Crippen LogP contribution in [0, 0.1) is 13.8 Å². The van der Waals surface area contributed by atoms with E-state index in [4.69, 9.17) is 0 Å². The number of amides is 1. The highest BCUT2D eigenvalue weighted by molar-refractivity contribution is 7.92. The van der Waals surface area contributed by atoms with Crippen molar-refractivity contribution in [2.24, 2.45) is 0 Å². The molecule has 0 unspecified atom stereocenters. The molecule has 5 nitrogen and oxygen atoms in total. The lowest BCUT2D eigenvalue weighted by atomic mass is 9.95. The number of carbonyl (C=O) groups is 1. The Hall–Kier alpha value is -1.11. The van der Waals surface area contributed by atoms with E-state index in [0.29, 0.717) is 38.9 Å². The average molecular weight is 375 g/mol. The Morgan fingerprint density at radius 3 is 2.21 bits per heavy atom. The summed E-state index contributed by atoms with van der Waals surface area (Å²) in [5.74, 6) is -0.356. The molecule has 0 radical (unpaired) electrons. The molecule has 1 saturated heterocycles. The van der Waals surface area contributed by atoms with Gasteiger partial charge in [-0.3, -0.25) is 4.79 Å². The van der Waals surface area contributed by atoms with Crippen LogP contribution in [0.15, 0.2) is 18.2 Å². The van der Waals surface area contributed by atoms with Gasteiger partial charge in [0.2, 0.25) is 5.91 Å². The first kappa shape index (κ1) is 20.9. The van der Waals surface area contributed by atoms with Crippen molar-refractivity contribution in [2.45, 2.75) is 37.9 Å². The molecule has 7 heteroatoms. The molecule has 1 amide bonds. The van der Waals surface area contributed by atoms with Crippen molar-refractivity contribution in [3.05, 3.63) is 34.9 Å². The normalized spacial score (nSPS) is 17.0. The molecule has 0 aliphatic carbocycles. The summed E-state index contributed by atoms with van der Waals surface area (Å²) in [5.41, 5.74) is 3.54. The molecule has 0 atom stereocenters. The number of benzene rings is 1. The first-order valence-corrected chi connectivity index (χ1v) is 9.89. The summed E-state index contributed by atoms with van der Waals surface area (Å²) in [4.78, 5) is 12.6. The molecule has 0 aromatic heterocycles. The minimum Gasteiger partial charge on any atom is -0.354 e. The van der Waals surface area contributed by atoms with Gasteiger partial charge in [-0.15, -0.1) is 12.4 Å². The van der Waals surface area contributed by atoms with E-state index in [2.05, 4.69) is 28.8 Å². The Bertz CT molecular complexity index is 663. The fourth-order valence-electron chi connectivity index (χ4n) is 3.29. The second kappa shape index (κ2) is 8.32. The first-order chi connectivity index (χ1) is 10.7. The van der Waals surface area contributed by atoms with Crippen molar-refractivity contribution in [1.82, 2.24) is 10.6 Å². The number of aryl methyl sites for hydroxylation is 2. The van der Waals surface area contributed by atoms with Crippen molar-refractivity contribution >= 4 is 28.2 Å². The molecular formula is C17H27ClN2O3S. The monoisotopic (exact) mass is 374 g/mol. The average Bonchev–Trinajstić information content (AvgIpc) is 2.45. The van der Waals surface area contributed by atoms with Crippen molar-refractivity contribution in [2.75, 3.05) is 25.9 Å². The predicted molar refractivity (Wildman–Crippen MR) is 99.6 cm³/mol. The molecule has 1 aromatic rings. The van der Waals surface area contributed by atoms with Gasteiger partial charge < -0.3 is 10.6 Å². The van der Waals surface area contributed by atoms with Gasteiger partial charge >= 0.3 is 0 Å². The van der Waals surface area contributed by atoms with Gasteiger partial charge in [0.25, 0.3) is 0 Å². The van der Waals surface area contributed by atoms with Crippen molar-refractivity contribution in [1.29, 1.82) is 0 Å². The minimum atomic E-state index is -3.45. The number of halogens is 1. The Labute approximate surface area is 150 Å². The van der Waals surface area contributed by atoms with E-state index in [0.717, 1.165) is 5.56 Å². The third-order valence-electron chi connectivity index (χ3n) is 4.52. The lowest BCUT2D eigenvalue weighted by Crippen LogP contribution is -2.57. The van der Waals surface area contributed by atoms with Crippen molar-refractivity contribution in [3.63, 3.8) is 0 Å². The Balaban J connectivity index is 0.00000288. The second-order valence-electron chi connectivity index (χ2n) is 6.52. The topological polar surface area (TPSA) is 75.3 Å². The zero-order valence-electron chi connectivity index (χ0n) is 14.5. The highest BCUT2D eigenvalue weighted by Gasteiger charge is 2.48. The van der Waals surface area contributed by atoms with Crippen molar-refractivity contribution < 1.29 is 13.2 Å². The second-order valence-corrected chi connectivity index (χ2v) is 8.84. The van der Waals surface area contributed by atoms with E-state index in [-0.39, 0.29) is 18.3 Å². The standard InChI is InChI=1S/C17H26N2O3S.ClH/c1-13-10-14(2)12-15(11-13)4-7-19-16(20)17(23(3,21)22)5-8-18-9-6-17;/h10-12,18H,4-9H2,1-3H3,(H,19,20);1H. The minimum absolute atomic E-state index is 0. The van der Waals surface area contributed by atoms with Crippen LogP contribution in [0.1, 0.15) is 29.5 Å². The van der Waals surface area contributed by atoms with Crippen LogP contribution < -0.4 is 10.6 Å². The lowest BCUT2D eigenvalue weighted by Gasteiger charge is -2.34. The highest BCUT2D eigenvalue weighted by atomic mass is 35.5. The number of hydrogen-bond acceptors (Lipinski definition) is 4. The van der Waals surface area contributed by atoms with Crippen LogP contribution in [0.4, 0.5) is 0 Å². The summed E-state index contributed by atoms with van der Waals surface area (Å²) in [7, 11) is -3.45. The van der Waals surface area contributed by atoms with Gasteiger partial charge in [0, 0.05) is 12.8 Å². The maximum absolute atomic E-state index is 12.6. The molecule has 136 valence electrons. The number of sulfone groups is 1. The SMILES string of the molecule is Cc1cc(C)cc(CCNC(=O)C2(S(C)(=O)=O)CCNCC2)c1.Cl. The first-order valence-electron chi connectivity index (χ1n) is 8.00. The smallest absolute Gasteiger partial charge is 0.241 e. The van der Waals surface area contributed by atoms with Gasteiger partial charge in [-0.2, -0.15) is 0 Å². The van der Waals surface area contributed by atoms with Crippen LogP contribution in [0.25, 0.3) is 0 Å². The summed E-state index contributed by atoms with van der Waals surface area (Å²) >= 11 is 0. The zero-order chi connectivity index (χ0) is 17.1. The van der Waals surface area contributed by atoms with Gasteiger partial charge in [0.05, 0.1) is 0 Å². The van der Waals surface area contributed by atoms with Crippen LogP contribution in [-0.2, 0) is 21.1 Å². The third kappa shape index (κ3) is 4.71. The molecule has 0 saturated carbocycles. The lowest BCUT2D eigenvalue weighted by molar-refractivity contribution is -0.124. The van der Waals surface area contributed by atoms with Gasteiger partial charge in [0.1, 0.15) is 0 Å². The van der Waals surface area contributed by atoms with Crippen LogP contribution in [-0.4, -0.2) is 45.0 Å². The van der Waals surface area contributed by atoms with Crippen LogP contribution in [0.5, 0.6) is 0 Å². The molecule has 0 bridgehead atoms. The molecule has 1 aliphatic heterocycles. The highest BCUT2D eigenvalue weighted by Crippen LogP contribution is 2.27. The van der Waals surface area contributed by atoms with Crippen LogP contribution in [0.2, 0.25) is 0 Å². The molecule has 1 heterocycles. The molecule has 2 rings (SSSR count). The summed E-state index contributed by atoms with van der Waals surface area (Å²) in [6, 6.07) is 6.29. The number of rotatable bonds is 5. The van der Waals surface area contributed by atoms with E-state index in [1.54, 1.807) is 0 Å². The molecule has 1 aliphatic rings. The van der Waals surface area contributed by atoms with Gasteiger partial charge in [0.15, 0.2) is 14.6 Å². The number of piperidine rings is 1. The summed E-state index contributed by atoms with van der Waals surface area (Å²) in [6.07, 6.45) is 2.54. The van der Waals surface area contributed by atoms with Crippen LogP contribution in [0.3, 0.4) is 0 Å². The van der Waals surface area contributed by atoms with E-state index in [9.17, 15) is 13.2 Å². The van der Waals surface area contributed by atoms with E-state index in [1.807, 2.05) is 13.8 Å². The van der Waals surface area contributed by atoms with E-state index >= 15 is 0 Å². The maximum atomic E-state index is 12.6. The fourth-order valence-corrected chi connectivity index (χ4v) is 4.65. The summed E-state index contributed by atoms with van der Waals surface area (Å²) < 4.78 is 23.1. The van der Waals surface area contributed by atoms with Gasteiger partial charge in [-0.1, -0.05) is 29.3 Å². The van der Waals surface area contributed by atoms with E-state index in [1.165, 1.54) is 17.4 Å². The molecule has 1 aromatic carbocycles. The quantitative estimate of drug-likeness (QED) is 0.820. The molecule has 0 spiro atoms. The Morgan fingerprint density at radius 2 is 1.71 bits per heavy atom. The van der Waals surface area contributed by atoms with Gasteiger partial charge in [-0.25, -0.2) is 8.42 Å². The summed E-state index contributed by atoms with van der Waals surface area (Å²) in [5, 5.41) is 5.96. The van der Waals surface area contributed by atoms with Crippen LogP contribution >= 0.6 is 12.4 Å². The third-order valence-corrected chi connectivity index (χ3v) is 6.53. The maximum Gasteiger partial charge on any atom is 0.241 e. The fraction of sp³-hybridized carbons (Fsp3) is 0.588. The van der Waals surface area contributed by atoms with Crippen molar-refractivity contribution in [3.8, 4) is 0 Å².